The lowest BCUT2D eigenvalue weighted by molar-refractivity contribution is 0.461. The topological polar surface area (TPSA) is 0 Å². The molecule has 4 atom stereocenters. The molecule has 0 aromatic carbocycles. The molecule has 2 aliphatic rings. The summed E-state index contributed by atoms with van der Waals surface area (Å²) in [5, 5.41) is 0. The largest absolute Gasteiger partial charge is 0.102 e. The van der Waals surface area contributed by atoms with Crippen LogP contribution in [0.15, 0.2) is 0 Å². The molecule has 0 saturated carbocycles. The smallest absolute Gasteiger partial charge is 0.0120 e. The molecule has 2 aliphatic heterocycles. The molecule has 0 bridgehead atoms. The zero-order valence-electron chi connectivity index (χ0n) is 13.8. The van der Waals surface area contributed by atoms with Crippen LogP contribution in [0.2, 0.25) is 0 Å². The average molecular weight is 313 g/mol. The molecule has 20 heavy (non-hydrogen) atoms. The van der Waals surface area contributed by atoms with Gasteiger partial charge in [0, 0.05) is 0 Å². The van der Waals surface area contributed by atoms with E-state index in [-0.39, 0.29) is 0 Å². The molecular weight excluding hydrogens is 278 g/mol. The van der Waals surface area contributed by atoms with Crippen LogP contribution in [0.5, 0.6) is 0 Å². The van der Waals surface area contributed by atoms with E-state index < -0.39 is 0 Å². The second kappa shape index (κ2) is 9.79. The van der Waals surface area contributed by atoms with Crippen LogP contribution >= 0.6 is 15.8 Å². The van der Waals surface area contributed by atoms with Crippen LogP contribution in [-0.4, -0.2) is 30.6 Å². The highest BCUT2D eigenvalue weighted by Crippen LogP contribution is 2.57. The van der Waals surface area contributed by atoms with Crippen LogP contribution in [0.3, 0.4) is 0 Å². The first-order valence-corrected chi connectivity index (χ1v) is 12.9. The van der Waals surface area contributed by atoms with E-state index in [1.165, 1.54) is 32.1 Å². The summed E-state index contributed by atoms with van der Waals surface area (Å²) >= 11 is 0. The lowest BCUT2D eigenvalue weighted by Crippen LogP contribution is -2.18. The van der Waals surface area contributed by atoms with E-state index in [4.69, 9.17) is 0 Å². The Bertz CT molecular complexity index is 252. The van der Waals surface area contributed by atoms with Crippen LogP contribution in [0.25, 0.3) is 0 Å². The quantitative estimate of drug-likeness (QED) is 0.469. The molecule has 0 aliphatic carbocycles. The first-order chi connectivity index (χ1) is 9.81. The van der Waals surface area contributed by atoms with Crippen molar-refractivity contribution in [2.45, 2.75) is 65.2 Å². The van der Waals surface area contributed by atoms with Crippen LogP contribution in [0, 0.1) is 18.3 Å². The van der Waals surface area contributed by atoms with Gasteiger partial charge in [-0.2, -0.15) is 0 Å². The summed E-state index contributed by atoms with van der Waals surface area (Å²) in [6.45, 7) is 4.67. The van der Waals surface area contributed by atoms with Crippen molar-refractivity contribution < 1.29 is 0 Å². The van der Waals surface area contributed by atoms with Crippen LogP contribution < -0.4 is 0 Å². The Hall–Kier alpha value is 0.860. The third-order valence-electron chi connectivity index (χ3n) is 5.08. The standard InChI is InChI=1S/C18H35P2/c1-3-5-9-18-11-7-13-20(15-18)16-19-12-6-10-17(14-19)8-4-2/h8,17-18H,3-7,9-16H2,1-2H3. The second-order valence-electron chi connectivity index (χ2n) is 6.99. The Morgan fingerprint density at radius 3 is 2.50 bits per heavy atom. The SMILES string of the molecule is CC[CH]C1CCCP(CP2CCCC(CCCC)C2)C1. The molecule has 2 heterocycles. The van der Waals surface area contributed by atoms with Crippen molar-refractivity contribution in [1.29, 1.82) is 0 Å². The van der Waals surface area contributed by atoms with Crippen molar-refractivity contribution in [2.24, 2.45) is 11.8 Å². The van der Waals surface area contributed by atoms with E-state index in [0.717, 1.165) is 11.8 Å². The maximum atomic E-state index is 2.62. The van der Waals surface area contributed by atoms with Crippen molar-refractivity contribution in [1.82, 2.24) is 0 Å². The van der Waals surface area contributed by atoms with E-state index in [1.807, 2.05) is 0 Å². The zero-order chi connectivity index (χ0) is 14.2. The maximum Gasteiger partial charge on any atom is -0.0120 e. The zero-order valence-corrected chi connectivity index (χ0v) is 15.6. The molecule has 4 unspecified atom stereocenters. The van der Waals surface area contributed by atoms with E-state index in [1.54, 1.807) is 49.8 Å². The Labute approximate surface area is 130 Å². The molecule has 0 aromatic heterocycles. The number of rotatable bonds is 7. The molecule has 2 saturated heterocycles. The number of hydrogen-bond acceptors (Lipinski definition) is 0. The Balaban J connectivity index is 1.71. The average Bonchev–Trinajstić information content (AvgIpc) is 2.46. The lowest BCUT2D eigenvalue weighted by Gasteiger charge is -2.35. The van der Waals surface area contributed by atoms with Crippen molar-refractivity contribution in [3.63, 3.8) is 0 Å². The molecule has 2 fully saturated rings. The van der Waals surface area contributed by atoms with E-state index >= 15 is 0 Å². The molecule has 117 valence electrons. The minimum atomic E-state index is 0.420. The highest BCUT2D eigenvalue weighted by Gasteiger charge is 2.26. The molecule has 0 nitrogen and oxygen atoms in total. The fourth-order valence-corrected chi connectivity index (χ4v) is 12.1. The summed E-state index contributed by atoms with van der Waals surface area (Å²) in [6, 6.07) is 0. The van der Waals surface area contributed by atoms with Gasteiger partial charge in [-0.1, -0.05) is 39.5 Å². The summed E-state index contributed by atoms with van der Waals surface area (Å²) in [5.74, 6) is 3.81. The van der Waals surface area contributed by atoms with E-state index in [0.29, 0.717) is 15.8 Å². The van der Waals surface area contributed by atoms with Crippen molar-refractivity contribution in [2.75, 3.05) is 30.6 Å². The van der Waals surface area contributed by atoms with E-state index in [9.17, 15) is 0 Å². The van der Waals surface area contributed by atoms with Crippen molar-refractivity contribution in [3.05, 3.63) is 6.42 Å². The fraction of sp³-hybridized carbons (Fsp3) is 0.944. The van der Waals surface area contributed by atoms with Gasteiger partial charge in [0.05, 0.1) is 0 Å². The Morgan fingerprint density at radius 2 is 1.75 bits per heavy atom. The van der Waals surface area contributed by atoms with Crippen LogP contribution in [0.1, 0.15) is 65.2 Å². The van der Waals surface area contributed by atoms with E-state index in [2.05, 4.69) is 20.3 Å². The molecule has 1 radical (unpaired) electrons. The van der Waals surface area contributed by atoms with Crippen molar-refractivity contribution in [3.8, 4) is 0 Å². The Kier molecular flexibility index (Phi) is 8.43. The second-order valence-corrected chi connectivity index (χ2v) is 12.4. The summed E-state index contributed by atoms with van der Waals surface area (Å²) in [4.78, 5) is 0. The van der Waals surface area contributed by atoms with Crippen LogP contribution in [-0.2, 0) is 0 Å². The third-order valence-corrected chi connectivity index (χ3v) is 12.2. The highest BCUT2D eigenvalue weighted by atomic mass is 31.2. The fourth-order valence-electron chi connectivity index (χ4n) is 4.04. The normalized spacial score (nSPS) is 35.1. The molecule has 0 aromatic rings. The van der Waals surface area contributed by atoms with Gasteiger partial charge in [-0.25, -0.2) is 0 Å². The van der Waals surface area contributed by atoms with Crippen molar-refractivity contribution >= 4 is 15.8 Å². The van der Waals surface area contributed by atoms with Gasteiger partial charge in [-0.3, -0.25) is 0 Å². The first kappa shape index (κ1) is 17.2. The van der Waals surface area contributed by atoms with Gasteiger partial charge in [0.2, 0.25) is 0 Å². The van der Waals surface area contributed by atoms with Gasteiger partial charge in [-0.05, 0) is 74.5 Å². The monoisotopic (exact) mass is 313 g/mol. The van der Waals surface area contributed by atoms with Gasteiger partial charge < -0.3 is 0 Å². The Morgan fingerprint density at radius 1 is 1.00 bits per heavy atom. The summed E-state index contributed by atoms with van der Waals surface area (Å²) in [6.07, 6.45) is 21.0. The van der Waals surface area contributed by atoms with Gasteiger partial charge in [0.1, 0.15) is 0 Å². The lowest BCUT2D eigenvalue weighted by atomic mass is 9.99. The van der Waals surface area contributed by atoms with Crippen LogP contribution in [0.4, 0.5) is 0 Å². The van der Waals surface area contributed by atoms with Gasteiger partial charge in [0.25, 0.3) is 0 Å². The predicted octanol–water partition coefficient (Wildman–Crippen LogP) is 6.53. The molecular formula is C18H35P2. The summed E-state index contributed by atoms with van der Waals surface area (Å²) in [5.41, 5.74) is 0. The molecule has 0 spiro atoms. The van der Waals surface area contributed by atoms with Gasteiger partial charge in [0.15, 0.2) is 0 Å². The minimum absolute atomic E-state index is 0.420. The summed E-state index contributed by atoms with van der Waals surface area (Å²) in [7, 11) is 0.856. The van der Waals surface area contributed by atoms with Gasteiger partial charge in [-0.15, -0.1) is 15.8 Å². The highest BCUT2D eigenvalue weighted by molar-refractivity contribution is 7.74. The maximum absolute atomic E-state index is 2.62. The molecule has 0 N–H and O–H groups in total. The third kappa shape index (κ3) is 5.93. The number of unbranched alkanes of at least 4 members (excludes halogenated alkanes) is 1. The first-order valence-electron chi connectivity index (χ1n) is 9.09. The molecule has 2 heteroatoms. The number of hydrogen-bond donors (Lipinski definition) is 0. The minimum Gasteiger partial charge on any atom is -0.102 e. The molecule has 0 amide bonds. The predicted molar refractivity (Wildman–Crippen MR) is 97.7 cm³/mol. The summed E-state index contributed by atoms with van der Waals surface area (Å²) < 4.78 is 0. The molecule has 2 rings (SSSR count). The van der Waals surface area contributed by atoms with Gasteiger partial charge >= 0.3 is 0 Å².